The molecule has 230 valence electrons. The predicted molar refractivity (Wildman–Crippen MR) is 166 cm³/mol. The molecule has 12 heteroatoms. The zero-order valence-corrected chi connectivity index (χ0v) is 26.3. The van der Waals surface area contributed by atoms with Crippen molar-refractivity contribution in [3.63, 3.8) is 0 Å². The minimum Gasteiger partial charge on any atom is -0.491 e. The Morgan fingerprint density at radius 3 is 2.21 bits per heavy atom. The number of anilines is 1. The van der Waals surface area contributed by atoms with Gasteiger partial charge < -0.3 is 29.5 Å². The first-order valence-electron chi connectivity index (χ1n) is 13.5. The van der Waals surface area contributed by atoms with Crippen molar-refractivity contribution in [3.05, 3.63) is 78.4 Å². The summed E-state index contributed by atoms with van der Waals surface area (Å²) in [6, 6.07) is 20.6. The molecule has 42 heavy (non-hydrogen) atoms. The molecule has 3 aromatic carbocycles. The largest absolute Gasteiger partial charge is 0.491 e. The molecular formula is C30H41N2O8PS. The van der Waals surface area contributed by atoms with Crippen LogP contribution in [0.25, 0.3) is 0 Å². The van der Waals surface area contributed by atoms with Crippen LogP contribution in [0, 0.1) is 0 Å². The lowest BCUT2D eigenvalue weighted by atomic mass is 10.1. The SMILES string of the molecule is C[C@H](Cc1ccc(OCP(=O)(O)c2ccccc2)cc1)NC[C@H](O)COc1ccc(OC(C)(C)C)c(NS(C)(=O)=O)c1. The highest BCUT2D eigenvalue weighted by molar-refractivity contribution is 7.92. The Hall–Kier alpha value is -3.08. The van der Waals surface area contributed by atoms with Gasteiger partial charge in [-0.1, -0.05) is 30.3 Å². The second kappa shape index (κ2) is 14.4. The number of benzene rings is 3. The third kappa shape index (κ3) is 11.7. The van der Waals surface area contributed by atoms with Gasteiger partial charge in [-0.05, 0) is 76.1 Å². The molecule has 0 saturated carbocycles. The van der Waals surface area contributed by atoms with E-state index in [9.17, 15) is 23.0 Å². The topological polar surface area (TPSA) is 143 Å². The zero-order chi connectivity index (χ0) is 31.0. The van der Waals surface area contributed by atoms with E-state index in [0.29, 0.717) is 29.0 Å². The lowest BCUT2D eigenvalue weighted by Crippen LogP contribution is -2.37. The first-order chi connectivity index (χ1) is 19.6. The fraction of sp³-hybridized carbons (Fsp3) is 0.400. The van der Waals surface area contributed by atoms with Crippen LogP contribution in [0.3, 0.4) is 0 Å². The van der Waals surface area contributed by atoms with Crippen LogP contribution in [0.4, 0.5) is 5.69 Å². The Morgan fingerprint density at radius 2 is 1.60 bits per heavy atom. The molecule has 0 spiro atoms. The number of aliphatic hydroxyl groups is 1. The highest BCUT2D eigenvalue weighted by Crippen LogP contribution is 2.39. The smallest absolute Gasteiger partial charge is 0.265 e. The molecule has 4 N–H and O–H groups in total. The molecule has 0 aliphatic carbocycles. The molecule has 0 saturated heterocycles. The monoisotopic (exact) mass is 620 g/mol. The second-order valence-corrected chi connectivity index (χ2v) is 15.1. The van der Waals surface area contributed by atoms with Gasteiger partial charge in [-0.25, -0.2) is 8.42 Å². The van der Waals surface area contributed by atoms with Gasteiger partial charge >= 0.3 is 0 Å². The molecule has 0 fully saturated rings. The average Bonchev–Trinajstić information content (AvgIpc) is 2.90. The molecule has 0 heterocycles. The molecular weight excluding hydrogens is 579 g/mol. The molecule has 10 nitrogen and oxygen atoms in total. The van der Waals surface area contributed by atoms with E-state index in [0.717, 1.165) is 11.8 Å². The standard InChI is InChI=1S/C30H41N2O8PS/c1-22(17-23-11-13-25(14-12-23)39-21-41(34,35)27-9-7-6-8-10-27)31-19-24(33)20-38-26-15-16-29(40-30(2,3)4)28(18-26)32-42(5,36)37/h6-16,18,22,24,31-33H,17,19-21H2,1-5H3,(H,34,35)/t22-,24+/m1/s1. The van der Waals surface area contributed by atoms with Gasteiger partial charge in [-0.2, -0.15) is 0 Å². The molecule has 0 aliphatic rings. The molecule has 0 bridgehead atoms. The van der Waals surface area contributed by atoms with Crippen LogP contribution < -0.4 is 29.6 Å². The van der Waals surface area contributed by atoms with E-state index >= 15 is 0 Å². The van der Waals surface area contributed by atoms with Crippen LogP contribution in [0.15, 0.2) is 72.8 Å². The molecule has 3 aromatic rings. The Kier molecular flexibility index (Phi) is 11.5. The van der Waals surface area contributed by atoms with Crippen molar-refractivity contribution in [2.24, 2.45) is 0 Å². The average molecular weight is 621 g/mol. The van der Waals surface area contributed by atoms with Crippen molar-refractivity contribution >= 4 is 28.4 Å². The van der Waals surface area contributed by atoms with Crippen molar-refractivity contribution in [1.82, 2.24) is 5.32 Å². The third-order valence-electron chi connectivity index (χ3n) is 5.84. The molecule has 0 amide bonds. The van der Waals surface area contributed by atoms with Crippen LogP contribution in [0.2, 0.25) is 0 Å². The maximum Gasteiger partial charge on any atom is 0.265 e. The van der Waals surface area contributed by atoms with Crippen LogP contribution in [0.1, 0.15) is 33.3 Å². The number of rotatable bonds is 15. The molecule has 0 aliphatic heterocycles. The summed E-state index contributed by atoms with van der Waals surface area (Å²) in [5, 5.41) is 14.1. The van der Waals surface area contributed by atoms with Crippen LogP contribution >= 0.6 is 7.37 Å². The molecule has 0 aromatic heterocycles. The summed E-state index contributed by atoms with van der Waals surface area (Å²) in [6.07, 6.45) is 0.631. The number of nitrogens with one attached hydrogen (secondary N) is 2. The summed E-state index contributed by atoms with van der Waals surface area (Å²) in [5.41, 5.74) is 0.759. The van der Waals surface area contributed by atoms with Gasteiger partial charge in [0.05, 0.1) is 11.9 Å². The highest BCUT2D eigenvalue weighted by Gasteiger charge is 2.22. The quantitative estimate of drug-likeness (QED) is 0.185. The first-order valence-corrected chi connectivity index (χ1v) is 17.3. The predicted octanol–water partition coefficient (Wildman–Crippen LogP) is 4.13. The van der Waals surface area contributed by atoms with Gasteiger partial charge in [0.25, 0.3) is 7.37 Å². The minimum atomic E-state index is -3.61. The fourth-order valence-electron chi connectivity index (χ4n) is 3.93. The van der Waals surface area contributed by atoms with Crippen molar-refractivity contribution in [2.45, 2.75) is 51.9 Å². The van der Waals surface area contributed by atoms with Crippen LogP contribution in [0.5, 0.6) is 17.2 Å². The van der Waals surface area contributed by atoms with Crippen LogP contribution in [-0.2, 0) is 21.0 Å². The molecule has 0 radical (unpaired) electrons. The lowest BCUT2D eigenvalue weighted by molar-refractivity contribution is 0.104. The van der Waals surface area contributed by atoms with Crippen molar-refractivity contribution in [2.75, 3.05) is 30.5 Å². The van der Waals surface area contributed by atoms with Crippen LogP contribution in [-0.4, -0.2) is 61.9 Å². The number of ether oxygens (including phenoxy) is 3. The number of hydrogen-bond donors (Lipinski definition) is 4. The van der Waals surface area contributed by atoms with Crippen molar-refractivity contribution < 1.29 is 37.2 Å². The van der Waals surface area contributed by atoms with Crippen molar-refractivity contribution in [1.29, 1.82) is 0 Å². The van der Waals surface area contributed by atoms with Gasteiger partial charge in [0.15, 0.2) is 6.35 Å². The van der Waals surface area contributed by atoms with E-state index in [1.165, 1.54) is 6.07 Å². The number of hydrogen-bond acceptors (Lipinski definition) is 8. The fourth-order valence-corrected chi connectivity index (χ4v) is 5.60. The normalized spacial score (nSPS) is 14.8. The van der Waals surface area contributed by atoms with Gasteiger partial charge in [0, 0.05) is 24.0 Å². The summed E-state index contributed by atoms with van der Waals surface area (Å²) in [7, 11) is -7.15. The van der Waals surface area contributed by atoms with Gasteiger partial charge in [0.1, 0.15) is 35.6 Å². The van der Waals surface area contributed by atoms with Gasteiger partial charge in [-0.15, -0.1) is 0 Å². The summed E-state index contributed by atoms with van der Waals surface area (Å²) in [4.78, 5) is 10.3. The first kappa shape index (κ1) is 33.4. The molecule has 3 rings (SSSR count). The van der Waals surface area contributed by atoms with E-state index in [2.05, 4.69) is 10.0 Å². The summed E-state index contributed by atoms with van der Waals surface area (Å²) < 4.78 is 55.8. The molecule has 1 unspecified atom stereocenters. The zero-order valence-electron chi connectivity index (χ0n) is 24.6. The maximum absolute atomic E-state index is 12.5. The summed E-state index contributed by atoms with van der Waals surface area (Å²) >= 11 is 0. The Bertz CT molecular complexity index is 1440. The Morgan fingerprint density at radius 1 is 0.952 bits per heavy atom. The Labute approximate surface area is 248 Å². The number of aliphatic hydroxyl groups excluding tert-OH is 1. The van der Waals surface area contributed by atoms with E-state index in [1.54, 1.807) is 54.6 Å². The van der Waals surface area contributed by atoms with E-state index in [-0.39, 0.29) is 31.2 Å². The minimum absolute atomic E-state index is 0.00123. The lowest BCUT2D eigenvalue weighted by Gasteiger charge is -2.24. The summed E-state index contributed by atoms with van der Waals surface area (Å²) in [5.74, 6) is 1.26. The van der Waals surface area contributed by atoms with Crippen molar-refractivity contribution in [3.8, 4) is 17.2 Å². The van der Waals surface area contributed by atoms with E-state index in [1.807, 2.05) is 39.8 Å². The number of sulfonamides is 1. The van der Waals surface area contributed by atoms with Gasteiger partial charge in [-0.3, -0.25) is 9.29 Å². The summed E-state index contributed by atoms with van der Waals surface area (Å²) in [6.45, 7) is 7.87. The Balaban J connectivity index is 1.45. The third-order valence-corrected chi connectivity index (χ3v) is 8.01. The van der Waals surface area contributed by atoms with E-state index in [4.69, 9.17) is 14.2 Å². The highest BCUT2D eigenvalue weighted by atomic mass is 32.2. The second-order valence-electron chi connectivity index (χ2n) is 11.2. The van der Waals surface area contributed by atoms with Gasteiger partial charge in [0.2, 0.25) is 10.0 Å². The maximum atomic E-state index is 12.5. The molecule has 3 atom stereocenters. The van der Waals surface area contributed by atoms with E-state index < -0.39 is 29.1 Å².